The Labute approximate surface area is 116 Å². The Morgan fingerprint density at radius 2 is 1.80 bits per heavy atom. The molecule has 1 N–H and O–H groups in total. The van der Waals surface area contributed by atoms with Gasteiger partial charge in [0.05, 0.1) is 0 Å². The maximum absolute atomic E-state index is 13.7. The van der Waals surface area contributed by atoms with Gasteiger partial charge in [-0.1, -0.05) is 12.1 Å². The first-order chi connectivity index (χ1) is 9.34. The van der Waals surface area contributed by atoms with Crippen LogP contribution in [0.15, 0.2) is 18.2 Å². The maximum Gasteiger partial charge on any atom is 0.162 e. The summed E-state index contributed by atoms with van der Waals surface area (Å²) in [6.45, 7) is 5.54. The van der Waals surface area contributed by atoms with E-state index in [-0.39, 0.29) is 24.1 Å². The van der Waals surface area contributed by atoms with E-state index in [1.165, 1.54) is 12.1 Å². The highest BCUT2D eigenvalue weighted by Gasteiger charge is 2.23. The van der Waals surface area contributed by atoms with Crippen LogP contribution in [0.1, 0.15) is 38.0 Å². The zero-order valence-electron chi connectivity index (χ0n) is 11.7. The molecule has 0 saturated heterocycles. The molecule has 0 bridgehead atoms. The van der Waals surface area contributed by atoms with Gasteiger partial charge in [-0.3, -0.25) is 0 Å². The molecule has 4 nitrogen and oxygen atoms in total. The Morgan fingerprint density at radius 3 is 2.40 bits per heavy atom. The van der Waals surface area contributed by atoms with E-state index >= 15 is 0 Å². The average molecular weight is 281 g/mol. The summed E-state index contributed by atoms with van der Waals surface area (Å²) in [6.07, 6.45) is 0.119. The quantitative estimate of drug-likeness (QED) is 0.940. The van der Waals surface area contributed by atoms with Crippen LogP contribution >= 0.6 is 0 Å². The van der Waals surface area contributed by atoms with Crippen LogP contribution in [0, 0.1) is 11.6 Å². The molecular weight excluding hydrogens is 264 g/mol. The van der Waals surface area contributed by atoms with Crippen molar-refractivity contribution in [1.82, 2.24) is 14.8 Å². The highest BCUT2D eigenvalue weighted by atomic mass is 19.2. The monoisotopic (exact) mass is 281 g/mol. The molecule has 108 valence electrons. The molecular formula is C14H17F2N3O. The summed E-state index contributed by atoms with van der Waals surface area (Å²) >= 11 is 0. The molecule has 0 aliphatic rings. The van der Waals surface area contributed by atoms with Crippen molar-refractivity contribution in [2.45, 2.75) is 39.3 Å². The standard InChI is InChI=1S/C14H17F2N3O/c1-14(2,3)19-11(17-18-12(19)8-20)7-9-5-4-6-10(15)13(9)16/h4-6,20H,7-8H2,1-3H3. The zero-order valence-corrected chi connectivity index (χ0v) is 11.7. The van der Waals surface area contributed by atoms with Crippen molar-refractivity contribution in [3.8, 4) is 0 Å². The van der Waals surface area contributed by atoms with E-state index < -0.39 is 11.6 Å². The van der Waals surface area contributed by atoms with Gasteiger partial charge < -0.3 is 9.67 Å². The highest BCUT2D eigenvalue weighted by Crippen LogP contribution is 2.22. The molecule has 1 aromatic carbocycles. The van der Waals surface area contributed by atoms with Gasteiger partial charge in [-0.05, 0) is 32.4 Å². The number of nitrogens with zero attached hydrogens (tertiary/aromatic N) is 3. The minimum absolute atomic E-state index is 0.119. The summed E-state index contributed by atoms with van der Waals surface area (Å²) in [5.74, 6) is -0.858. The molecule has 2 aromatic rings. The van der Waals surface area contributed by atoms with Crippen molar-refractivity contribution in [3.63, 3.8) is 0 Å². The lowest BCUT2D eigenvalue weighted by Gasteiger charge is -2.24. The van der Waals surface area contributed by atoms with Crippen LogP contribution in [-0.2, 0) is 18.6 Å². The first-order valence-corrected chi connectivity index (χ1v) is 6.32. The lowest BCUT2D eigenvalue weighted by molar-refractivity contribution is 0.248. The van der Waals surface area contributed by atoms with Crippen molar-refractivity contribution in [2.75, 3.05) is 0 Å². The second kappa shape index (κ2) is 5.28. The van der Waals surface area contributed by atoms with Gasteiger partial charge in [0.2, 0.25) is 0 Å². The molecule has 1 heterocycles. The smallest absolute Gasteiger partial charge is 0.162 e. The van der Waals surface area contributed by atoms with E-state index in [0.29, 0.717) is 11.6 Å². The van der Waals surface area contributed by atoms with Crippen LogP contribution in [0.4, 0.5) is 8.78 Å². The molecule has 0 unspecified atom stereocenters. The van der Waals surface area contributed by atoms with Gasteiger partial charge in [0.1, 0.15) is 12.4 Å². The van der Waals surface area contributed by atoms with E-state index in [4.69, 9.17) is 0 Å². The number of aliphatic hydroxyl groups is 1. The third-order valence-electron chi connectivity index (χ3n) is 2.99. The number of aromatic nitrogens is 3. The highest BCUT2D eigenvalue weighted by molar-refractivity contribution is 5.23. The number of benzene rings is 1. The van der Waals surface area contributed by atoms with Gasteiger partial charge in [0.25, 0.3) is 0 Å². The van der Waals surface area contributed by atoms with Crippen molar-refractivity contribution >= 4 is 0 Å². The molecule has 20 heavy (non-hydrogen) atoms. The normalized spacial score (nSPS) is 11.9. The fraction of sp³-hybridized carbons (Fsp3) is 0.429. The lowest BCUT2D eigenvalue weighted by atomic mass is 10.1. The van der Waals surface area contributed by atoms with E-state index in [2.05, 4.69) is 10.2 Å². The predicted molar refractivity (Wildman–Crippen MR) is 70.1 cm³/mol. The summed E-state index contributed by atoms with van der Waals surface area (Å²) in [5.41, 5.74) is -0.145. The van der Waals surface area contributed by atoms with Gasteiger partial charge in [-0.25, -0.2) is 8.78 Å². The number of halogens is 2. The van der Waals surface area contributed by atoms with E-state index in [1.807, 2.05) is 20.8 Å². The third-order valence-corrected chi connectivity index (χ3v) is 2.99. The fourth-order valence-corrected chi connectivity index (χ4v) is 2.20. The third kappa shape index (κ3) is 2.70. The van der Waals surface area contributed by atoms with Gasteiger partial charge in [0.15, 0.2) is 17.5 Å². The molecule has 0 atom stereocenters. The van der Waals surface area contributed by atoms with Gasteiger partial charge in [0, 0.05) is 12.0 Å². The van der Waals surface area contributed by atoms with Gasteiger partial charge in [-0.15, -0.1) is 10.2 Å². The van der Waals surface area contributed by atoms with Crippen molar-refractivity contribution in [1.29, 1.82) is 0 Å². The predicted octanol–water partition coefficient (Wildman–Crippen LogP) is 2.39. The van der Waals surface area contributed by atoms with Crippen LogP contribution in [0.25, 0.3) is 0 Å². The average Bonchev–Trinajstić information content (AvgIpc) is 2.78. The molecule has 6 heteroatoms. The second-order valence-electron chi connectivity index (χ2n) is 5.59. The molecule has 0 fully saturated rings. The Balaban J connectivity index is 2.44. The van der Waals surface area contributed by atoms with E-state index in [1.54, 1.807) is 4.57 Å². The number of rotatable bonds is 3. The molecule has 0 aliphatic carbocycles. The number of aliphatic hydroxyl groups excluding tert-OH is 1. The SMILES string of the molecule is CC(C)(C)n1c(CO)nnc1Cc1cccc(F)c1F. The zero-order chi connectivity index (χ0) is 14.9. The Hall–Kier alpha value is -1.82. The number of hydrogen-bond donors (Lipinski definition) is 1. The van der Waals surface area contributed by atoms with Crippen molar-refractivity contribution in [2.24, 2.45) is 0 Å². The van der Waals surface area contributed by atoms with Gasteiger partial charge in [-0.2, -0.15) is 0 Å². The second-order valence-corrected chi connectivity index (χ2v) is 5.59. The minimum Gasteiger partial charge on any atom is -0.388 e. The topological polar surface area (TPSA) is 50.9 Å². The summed E-state index contributed by atoms with van der Waals surface area (Å²) in [6, 6.07) is 4.05. The van der Waals surface area contributed by atoms with Gasteiger partial charge >= 0.3 is 0 Å². The Bertz CT molecular complexity index is 617. The summed E-state index contributed by atoms with van der Waals surface area (Å²) < 4.78 is 28.7. The van der Waals surface area contributed by atoms with Crippen LogP contribution in [-0.4, -0.2) is 19.9 Å². The molecule has 1 aromatic heterocycles. The maximum atomic E-state index is 13.7. The van der Waals surface area contributed by atoms with E-state index in [9.17, 15) is 13.9 Å². The van der Waals surface area contributed by atoms with Crippen molar-refractivity contribution < 1.29 is 13.9 Å². The molecule has 0 amide bonds. The Kier molecular flexibility index (Phi) is 3.85. The molecule has 0 radical (unpaired) electrons. The number of hydrogen-bond acceptors (Lipinski definition) is 3. The summed E-state index contributed by atoms with van der Waals surface area (Å²) in [4.78, 5) is 0. The van der Waals surface area contributed by atoms with Crippen LogP contribution in [0.5, 0.6) is 0 Å². The summed E-state index contributed by atoms with van der Waals surface area (Å²) in [5, 5.41) is 17.2. The lowest BCUT2D eigenvalue weighted by Crippen LogP contribution is -2.26. The summed E-state index contributed by atoms with van der Waals surface area (Å²) in [7, 11) is 0. The van der Waals surface area contributed by atoms with Crippen LogP contribution in [0.2, 0.25) is 0 Å². The molecule has 2 rings (SSSR count). The first kappa shape index (κ1) is 14.6. The largest absolute Gasteiger partial charge is 0.388 e. The molecule has 0 saturated carbocycles. The van der Waals surface area contributed by atoms with Crippen molar-refractivity contribution in [3.05, 3.63) is 47.0 Å². The fourth-order valence-electron chi connectivity index (χ4n) is 2.20. The minimum atomic E-state index is -0.883. The molecule has 0 spiro atoms. The van der Waals surface area contributed by atoms with Crippen LogP contribution < -0.4 is 0 Å². The molecule has 0 aliphatic heterocycles. The Morgan fingerprint density at radius 1 is 1.15 bits per heavy atom. The van der Waals surface area contributed by atoms with E-state index in [0.717, 1.165) is 6.07 Å². The first-order valence-electron chi connectivity index (χ1n) is 6.32. The van der Waals surface area contributed by atoms with Crippen LogP contribution in [0.3, 0.4) is 0 Å².